The molecule has 6 nitrogen and oxygen atoms in total. The molecule has 100 valence electrons. The van der Waals surface area contributed by atoms with E-state index in [-0.39, 0.29) is 31.0 Å². The van der Waals surface area contributed by atoms with Gasteiger partial charge in [0.25, 0.3) is 0 Å². The normalized spacial score (nSPS) is 14.8. The van der Waals surface area contributed by atoms with Crippen LogP contribution < -0.4 is 0 Å². The standard InChI is InChI=1S/C12H16O6/c1-3-16-11(14)10(12(15)17-4-2)8-6-5-7-9(13)18-8/h3-7H2,1-2H3. The van der Waals surface area contributed by atoms with Gasteiger partial charge in [-0.2, -0.15) is 0 Å². The van der Waals surface area contributed by atoms with Crippen molar-refractivity contribution in [3.05, 3.63) is 11.3 Å². The Kier molecular flexibility index (Phi) is 5.35. The van der Waals surface area contributed by atoms with E-state index in [1.807, 2.05) is 0 Å². The molecule has 0 amide bonds. The molecule has 1 rings (SSSR count). The molecule has 0 aromatic heterocycles. The molecule has 1 saturated heterocycles. The average molecular weight is 256 g/mol. The predicted molar refractivity (Wildman–Crippen MR) is 60.2 cm³/mol. The summed E-state index contributed by atoms with van der Waals surface area (Å²) in [6.45, 7) is 3.50. The second kappa shape index (κ2) is 6.78. The molecular formula is C12H16O6. The highest BCUT2D eigenvalue weighted by molar-refractivity contribution is 6.14. The van der Waals surface area contributed by atoms with Gasteiger partial charge < -0.3 is 14.2 Å². The molecule has 1 aliphatic heterocycles. The van der Waals surface area contributed by atoms with Gasteiger partial charge in [-0.15, -0.1) is 0 Å². The van der Waals surface area contributed by atoms with E-state index >= 15 is 0 Å². The molecule has 0 unspecified atom stereocenters. The fourth-order valence-electron chi connectivity index (χ4n) is 1.53. The van der Waals surface area contributed by atoms with Crippen LogP contribution in [0, 0.1) is 0 Å². The van der Waals surface area contributed by atoms with Crippen molar-refractivity contribution >= 4 is 17.9 Å². The second-order valence-corrected chi connectivity index (χ2v) is 3.57. The summed E-state index contributed by atoms with van der Waals surface area (Å²) < 4.78 is 14.5. The predicted octanol–water partition coefficient (Wildman–Crippen LogP) is 1.09. The fraction of sp³-hybridized carbons (Fsp3) is 0.583. The molecule has 0 bridgehead atoms. The van der Waals surface area contributed by atoms with Crippen LogP contribution in [0.15, 0.2) is 11.3 Å². The zero-order valence-electron chi connectivity index (χ0n) is 10.5. The van der Waals surface area contributed by atoms with Crippen molar-refractivity contribution in [2.24, 2.45) is 0 Å². The molecular weight excluding hydrogens is 240 g/mol. The van der Waals surface area contributed by atoms with Gasteiger partial charge in [-0.05, 0) is 20.3 Å². The van der Waals surface area contributed by atoms with E-state index in [9.17, 15) is 14.4 Å². The Bertz CT molecular complexity index is 362. The van der Waals surface area contributed by atoms with E-state index in [1.54, 1.807) is 13.8 Å². The molecule has 0 radical (unpaired) electrons. The van der Waals surface area contributed by atoms with Crippen molar-refractivity contribution in [1.82, 2.24) is 0 Å². The highest BCUT2D eigenvalue weighted by Gasteiger charge is 2.30. The summed E-state index contributed by atoms with van der Waals surface area (Å²) in [5.74, 6) is -2.05. The number of carbonyl (C=O) groups excluding carboxylic acids is 3. The largest absolute Gasteiger partial charge is 0.462 e. The Hall–Kier alpha value is -1.85. The molecule has 0 aliphatic carbocycles. The lowest BCUT2D eigenvalue weighted by Crippen LogP contribution is -2.24. The smallest absolute Gasteiger partial charge is 0.349 e. The molecule has 0 saturated carbocycles. The third kappa shape index (κ3) is 3.58. The van der Waals surface area contributed by atoms with Crippen LogP contribution in [0.2, 0.25) is 0 Å². The summed E-state index contributed by atoms with van der Waals surface area (Å²) >= 11 is 0. The van der Waals surface area contributed by atoms with Gasteiger partial charge in [0, 0.05) is 12.8 Å². The van der Waals surface area contributed by atoms with E-state index in [0.717, 1.165) is 0 Å². The minimum Gasteiger partial charge on any atom is -0.462 e. The summed E-state index contributed by atoms with van der Waals surface area (Å²) in [6.07, 6.45) is 1.16. The van der Waals surface area contributed by atoms with Gasteiger partial charge in [-0.25, -0.2) is 9.59 Å². The van der Waals surface area contributed by atoms with Crippen LogP contribution in [-0.2, 0) is 28.6 Å². The van der Waals surface area contributed by atoms with Crippen LogP contribution >= 0.6 is 0 Å². The van der Waals surface area contributed by atoms with E-state index in [4.69, 9.17) is 14.2 Å². The summed E-state index contributed by atoms with van der Waals surface area (Å²) in [4.78, 5) is 34.6. The maximum Gasteiger partial charge on any atom is 0.349 e. The van der Waals surface area contributed by atoms with Gasteiger partial charge in [0.15, 0.2) is 5.57 Å². The second-order valence-electron chi connectivity index (χ2n) is 3.57. The number of ether oxygens (including phenoxy) is 3. The molecule has 1 heterocycles. The number of cyclic esters (lactones) is 1. The number of hydrogen-bond donors (Lipinski definition) is 0. The topological polar surface area (TPSA) is 78.9 Å². The van der Waals surface area contributed by atoms with Gasteiger partial charge in [0.05, 0.1) is 13.2 Å². The molecule has 18 heavy (non-hydrogen) atoms. The maximum atomic E-state index is 11.7. The molecule has 0 spiro atoms. The number of rotatable bonds is 4. The van der Waals surface area contributed by atoms with E-state index in [0.29, 0.717) is 12.8 Å². The molecule has 0 aromatic rings. The number of carbonyl (C=O) groups is 3. The van der Waals surface area contributed by atoms with Crippen molar-refractivity contribution in [3.63, 3.8) is 0 Å². The molecule has 1 fully saturated rings. The lowest BCUT2D eigenvalue weighted by molar-refractivity contribution is -0.148. The third-order valence-corrected chi connectivity index (χ3v) is 2.26. The highest BCUT2D eigenvalue weighted by Crippen LogP contribution is 2.22. The van der Waals surface area contributed by atoms with Crippen molar-refractivity contribution in [3.8, 4) is 0 Å². The summed E-state index contributed by atoms with van der Waals surface area (Å²) in [5.41, 5.74) is -0.313. The molecule has 0 atom stereocenters. The van der Waals surface area contributed by atoms with Gasteiger partial charge in [0.2, 0.25) is 0 Å². The first-order valence-electron chi connectivity index (χ1n) is 5.88. The minimum atomic E-state index is -0.819. The Morgan fingerprint density at radius 3 is 2.11 bits per heavy atom. The first-order valence-corrected chi connectivity index (χ1v) is 5.88. The van der Waals surface area contributed by atoms with E-state index in [2.05, 4.69) is 0 Å². The molecule has 6 heteroatoms. The zero-order valence-corrected chi connectivity index (χ0v) is 10.5. The van der Waals surface area contributed by atoms with Gasteiger partial charge in [-0.1, -0.05) is 0 Å². The van der Waals surface area contributed by atoms with Gasteiger partial charge in [-0.3, -0.25) is 4.79 Å². The third-order valence-electron chi connectivity index (χ3n) is 2.26. The van der Waals surface area contributed by atoms with Crippen molar-refractivity contribution < 1.29 is 28.6 Å². The van der Waals surface area contributed by atoms with Crippen molar-refractivity contribution in [2.45, 2.75) is 33.1 Å². The lowest BCUT2D eigenvalue weighted by atomic mass is 10.1. The van der Waals surface area contributed by atoms with Crippen LogP contribution in [0.1, 0.15) is 33.1 Å². The zero-order chi connectivity index (χ0) is 13.5. The highest BCUT2D eigenvalue weighted by atomic mass is 16.6. The van der Waals surface area contributed by atoms with Crippen LogP contribution in [-0.4, -0.2) is 31.1 Å². The molecule has 0 aromatic carbocycles. The summed E-state index contributed by atoms with van der Waals surface area (Å²) in [6, 6.07) is 0. The van der Waals surface area contributed by atoms with Crippen molar-refractivity contribution in [2.75, 3.05) is 13.2 Å². The Balaban J connectivity index is 3.01. The monoisotopic (exact) mass is 256 g/mol. The lowest BCUT2D eigenvalue weighted by Gasteiger charge is -2.17. The van der Waals surface area contributed by atoms with Gasteiger partial charge >= 0.3 is 17.9 Å². The summed E-state index contributed by atoms with van der Waals surface area (Å²) in [5, 5.41) is 0. The number of allylic oxidation sites excluding steroid dienone is 1. The Labute approximate surface area is 105 Å². The number of hydrogen-bond acceptors (Lipinski definition) is 6. The van der Waals surface area contributed by atoms with E-state index in [1.165, 1.54) is 0 Å². The van der Waals surface area contributed by atoms with E-state index < -0.39 is 17.9 Å². The van der Waals surface area contributed by atoms with Crippen LogP contribution in [0.5, 0.6) is 0 Å². The Morgan fingerprint density at radius 1 is 1.11 bits per heavy atom. The molecule has 1 aliphatic rings. The SMILES string of the molecule is CCOC(=O)C(C(=O)OCC)=C1CCCC(=O)O1. The first kappa shape index (κ1) is 14.2. The van der Waals surface area contributed by atoms with Gasteiger partial charge in [0.1, 0.15) is 5.76 Å². The minimum absolute atomic E-state index is 0.0446. The van der Waals surface area contributed by atoms with Crippen LogP contribution in [0.3, 0.4) is 0 Å². The Morgan fingerprint density at radius 2 is 1.67 bits per heavy atom. The quantitative estimate of drug-likeness (QED) is 0.246. The average Bonchev–Trinajstić information content (AvgIpc) is 2.30. The molecule has 0 N–H and O–H groups in total. The maximum absolute atomic E-state index is 11.7. The fourth-order valence-corrected chi connectivity index (χ4v) is 1.53. The van der Waals surface area contributed by atoms with Crippen LogP contribution in [0.4, 0.5) is 0 Å². The van der Waals surface area contributed by atoms with Crippen LogP contribution in [0.25, 0.3) is 0 Å². The number of esters is 3. The first-order chi connectivity index (χ1) is 8.60. The van der Waals surface area contributed by atoms with Crippen molar-refractivity contribution in [1.29, 1.82) is 0 Å². The summed E-state index contributed by atoms with van der Waals surface area (Å²) in [7, 11) is 0.